The van der Waals surface area contributed by atoms with Gasteiger partial charge < -0.3 is 51.9 Å². The standard InChI is InChI=1S/C54H79BClO17S/c1-11-45(58)70-50-38(25-46(59)64-10)24-40(72-54(50,63)52(8,9)21-15-22-57)26-43(36(5)65-32-37-16-13-12-14-17-37)68-47(60)28-41(73-74-55)29-48(61)69-44(51(6,7)33-66-49(62)31-56)27-39-20-23-67-53(71-39)30-35(4)18-19-42(53)34(2)3/h12-17,21-22,25,34-36,39-44,50,55,63H,11,18-20,23-24,26-33H2,1-10H3/b21-15+,38-25+/t35-,36+,39+,40?,41+,42+,43-,44+,50+,53?,54?/m1/s1/i55T. The van der Waals surface area contributed by atoms with Crippen LogP contribution < -0.4 is 0 Å². The van der Waals surface area contributed by atoms with E-state index in [4.69, 9.17) is 59.8 Å². The summed E-state index contributed by atoms with van der Waals surface area (Å²) in [6.45, 7) is 17.0. The molecule has 1 aromatic carbocycles. The summed E-state index contributed by atoms with van der Waals surface area (Å²) in [6.07, 6.45) is -0.557. The van der Waals surface area contributed by atoms with Crippen molar-refractivity contribution in [1.29, 1.82) is 1.34 Å². The third-order valence-electron chi connectivity index (χ3n) is 14.2. The Morgan fingerprint density at radius 2 is 1.68 bits per heavy atom. The fraction of sp³-hybridized carbons (Fsp3) is 0.704. The smallest absolute Gasteiger partial charge is 0.330 e. The number of rotatable bonds is 28. The van der Waals surface area contributed by atoms with Crippen LogP contribution in [0.4, 0.5) is 0 Å². The summed E-state index contributed by atoms with van der Waals surface area (Å²) >= 11 is 6.38. The highest BCUT2D eigenvalue weighted by molar-refractivity contribution is 8.15. The molecular formula is C54H79BClO17S. The summed E-state index contributed by atoms with van der Waals surface area (Å²) in [6, 6.07) is 9.28. The van der Waals surface area contributed by atoms with Crippen molar-refractivity contribution in [3.8, 4) is 0 Å². The van der Waals surface area contributed by atoms with Gasteiger partial charge in [-0.3, -0.25) is 24.0 Å². The van der Waals surface area contributed by atoms with Gasteiger partial charge in [0.15, 0.2) is 11.9 Å². The van der Waals surface area contributed by atoms with Crippen LogP contribution in [-0.4, -0.2) is 130 Å². The Balaban J connectivity index is 1.63. The molecule has 1 spiro atoms. The van der Waals surface area contributed by atoms with E-state index in [1.807, 2.05) is 44.2 Å². The number of methoxy groups -OCH3 is 1. The zero-order valence-corrected chi connectivity index (χ0v) is 46.3. The largest absolute Gasteiger partial charge is 0.466 e. The van der Waals surface area contributed by atoms with E-state index in [1.54, 1.807) is 27.7 Å². The number of ether oxygens (including phenoxy) is 9. The molecule has 2 aliphatic heterocycles. The first-order valence-corrected chi connectivity index (χ1v) is 26.9. The first-order chi connectivity index (χ1) is 35.4. The molecule has 413 valence electrons. The summed E-state index contributed by atoms with van der Waals surface area (Å²) < 4.78 is 68.2. The minimum absolute atomic E-state index is 0.0733. The zero-order valence-electron chi connectivity index (χ0n) is 45.7. The van der Waals surface area contributed by atoms with Gasteiger partial charge in [-0.15, -0.1) is 11.6 Å². The van der Waals surface area contributed by atoms with Crippen molar-refractivity contribution in [1.82, 2.24) is 0 Å². The van der Waals surface area contributed by atoms with Crippen molar-refractivity contribution < 1.29 is 80.7 Å². The number of halogens is 1. The van der Waals surface area contributed by atoms with Crippen molar-refractivity contribution >= 4 is 66.7 Å². The first kappa shape index (κ1) is 61.0. The molecule has 74 heavy (non-hydrogen) atoms. The number of carbonyl (C=O) groups is 6. The summed E-state index contributed by atoms with van der Waals surface area (Å²) in [7, 11) is 2.07. The maximum atomic E-state index is 14.2. The van der Waals surface area contributed by atoms with Gasteiger partial charge in [-0.1, -0.05) is 110 Å². The second kappa shape index (κ2) is 29.1. The molecule has 1 radical (unpaired) electrons. The average Bonchev–Trinajstić information content (AvgIpc) is 3.36. The molecule has 3 unspecified atom stereocenters. The number of carbonyl (C=O) groups excluding carboxylic acids is 6. The van der Waals surface area contributed by atoms with Crippen molar-refractivity contribution in [2.24, 2.45) is 28.6 Å². The summed E-state index contributed by atoms with van der Waals surface area (Å²) in [4.78, 5) is 77.9. The van der Waals surface area contributed by atoms with Gasteiger partial charge >= 0.3 is 29.8 Å². The molecule has 1 N–H and O–H groups in total. The molecule has 1 saturated carbocycles. The third kappa shape index (κ3) is 17.9. The molecule has 3 fully saturated rings. The van der Waals surface area contributed by atoms with E-state index in [-0.39, 0.29) is 62.4 Å². The van der Waals surface area contributed by atoms with Crippen molar-refractivity contribution in [3.05, 3.63) is 59.7 Å². The van der Waals surface area contributed by atoms with E-state index in [2.05, 4.69) is 20.8 Å². The Morgan fingerprint density at radius 3 is 2.31 bits per heavy atom. The Hall–Kier alpha value is -3.82. The predicted molar refractivity (Wildman–Crippen MR) is 277 cm³/mol. The molecule has 0 bridgehead atoms. The topological polar surface area (TPSA) is 215 Å². The average molecular weight is 1080 g/mol. The number of aliphatic hydroxyl groups is 1. The predicted octanol–water partition coefficient (Wildman–Crippen LogP) is 7.91. The minimum atomic E-state index is -2.40. The lowest BCUT2D eigenvalue weighted by Gasteiger charge is -2.52. The molecule has 11 atom stereocenters. The lowest BCUT2D eigenvalue weighted by Crippen LogP contribution is -2.62. The normalized spacial score (nSPS) is 26.9. The van der Waals surface area contributed by atoms with Crippen LogP contribution in [-0.2, 0) is 82.2 Å². The van der Waals surface area contributed by atoms with Gasteiger partial charge in [0.2, 0.25) is 12.9 Å². The molecule has 1 aromatic rings. The quantitative estimate of drug-likeness (QED) is 0.0160. The first-order valence-electron chi connectivity index (χ1n) is 26.1. The highest BCUT2D eigenvalue weighted by Gasteiger charge is 2.58. The van der Waals surface area contributed by atoms with E-state index in [1.165, 1.54) is 13.2 Å². The number of allylic oxidation sites excluding steroid dienone is 1. The Labute approximate surface area is 448 Å². The van der Waals surface area contributed by atoms with Crippen LogP contribution in [0.3, 0.4) is 0 Å². The van der Waals surface area contributed by atoms with Gasteiger partial charge in [0.25, 0.3) is 0 Å². The van der Waals surface area contributed by atoms with Crippen molar-refractivity contribution in [3.63, 3.8) is 0 Å². The molecule has 0 aromatic heterocycles. The van der Waals surface area contributed by atoms with Crippen LogP contribution in [0.5, 0.6) is 0 Å². The van der Waals surface area contributed by atoms with Crippen LogP contribution in [0.25, 0.3) is 0 Å². The molecule has 2 saturated heterocycles. The molecule has 1 aliphatic carbocycles. The van der Waals surface area contributed by atoms with Gasteiger partial charge in [-0.2, -0.15) is 0 Å². The number of esters is 5. The van der Waals surface area contributed by atoms with Crippen LogP contribution in [0.15, 0.2) is 54.1 Å². The highest BCUT2D eigenvalue weighted by atomic mass is 35.5. The van der Waals surface area contributed by atoms with E-state index in [9.17, 15) is 33.9 Å². The van der Waals surface area contributed by atoms with E-state index in [0.29, 0.717) is 43.0 Å². The highest BCUT2D eigenvalue weighted by Crippen LogP contribution is 2.49. The number of benzene rings is 1. The number of hydrogen-bond donors (Lipinski definition) is 1. The van der Waals surface area contributed by atoms with Crippen LogP contribution in [0.2, 0.25) is 0 Å². The number of aldehydes is 1. The lowest BCUT2D eigenvalue weighted by atomic mass is 9.72. The molecule has 4 rings (SSSR count). The SMILES string of the molecule is [3H][B]SO[C@H](CC(=O)O[C@@H](C[C@@H]1CCOC2(C[C@H](C)CC[C@H]2C(C)C)O1)C(C)(C)COC(=O)CCl)CC(=O)O[C@H](CC1C/C(=C\C(=O)OC)[C@H](OC(=O)CC)C(O)(C(C)(C)/C=C/C=O)O1)[C@H](C)OCc1ccccc1. The van der Waals surface area contributed by atoms with Crippen molar-refractivity contribution in [2.75, 3.05) is 26.2 Å². The zero-order chi connectivity index (χ0) is 55.6. The van der Waals surface area contributed by atoms with E-state index >= 15 is 0 Å². The van der Waals surface area contributed by atoms with Crippen LogP contribution >= 0.6 is 23.5 Å². The van der Waals surface area contributed by atoms with Gasteiger partial charge in [-0.25, -0.2) is 4.79 Å². The fourth-order valence-electron chi connectivity index (χ4n) is 9.87. The van der Waals surface area contributed by atoms with Crippen LogP contribution in [0.1, 0.15) is 132 Å². The molecule has 3 aliphatic rings. The second-order valence-corrected chi connectivity index (χ2v) is 21.9. The molecule has 2 heterocycles. The lowest BCUT2D eigenvalue weighted by molar-refractivity contribution is -0.342. The molecular weight excluding hydrogens is 999 g/mol. The molecule has 20 heteroatoms. The van der Waals surface area contributed by atoms with Gasteiger partial charge in [0, 0.05) is 48.5 Å². The number of alkyl halides is 1. The minimum Gasteiger partial charge on any atom is -0.466 e. The van der Waals surface area contributed by atoms with Crippen molar-refractivity contribution in [2.45, 2.75) is 187 Å². The fourth-order valence-corrected chi connectivity index (χ4v) is 10.2. The Morgan fingerprint density at radius 1 is 0.973 bits per heavy atom. The number of hydrogen-bond acceptors (Lipinski definition) is 18. The third-order valence-corrected chi connectivity index (χ3v) is 14.8. The summed E-state index contributed by atoms with van der Waals surface area (Å²) in [5, 5.41) is 12.6. The van der Waals surface area contributed by atoms with Crippen LogP contribution in [0, 0.1) is 28.6 Å². The maximum Gasteiger partial charge on any atom is 0.330 e. The monoisotopic (exact) mass is 1080 g/mol. The van der Waals surface area contributed by atoms with E-state index in [0.717, 1.165) is 44.1 Å². The van der Waals surface area contributed by atoms with Gasteiger partial charge in [-0.05, 0) is 56.6 Å². The summed E-state index contributed by atoms with van der Waals surface area (Å²) in [5.41, 5.74) is -1.42. The maximum absolute atomic E-state index is 14.2. The molecule has 17 nitrogen and oxygen atoms in total. The Bertz CT molecular complexity index is 2090. The second-order valence-electron chi connectivity index (χ2n) is 21.2. The Kier molecular flexibility index (Phi) is 24.0. The molecule has 0 amide bonds. The van der Waals surface area contributed by atoms with Gasteiger partial charge in [0.05, 0.1) is 64.2 Å². The van der Waals surface area contributed by atoms with E-state index < -0.39 is 102 Å². The van der Waals surface area contributed by atoms with Gasteiger partial charge in [0.1, 0.15) is 24.4 Å². The summed E-state index contributed by atoms with van der Waals surface area (Å²) in [5.74, 6) is -6.43.